The summed E-state index contributed by atoms with van der Waals surface area (Å²) in [6, 6.07) is 1.75. The first-order chi connectivity index (χ1) is 10.9. The summed E-state index contributed by atoms with van der Waals surface area (Å²) in [5.41, 5.74) is 2.18. The monoisotopic (exact) mass is 353 g/mol. The van der Waals surface area contributed by atoms with Gasteiger partial charge in [0.25, 0.3) is 0 Å². The first-order valence-corrected chi connectivity index (χ1v) is 8.47. The fourth-order valence-electron chi connectivity index (χ4n) is 2.79. The van der Waals surface area contributed by atoms with E-state index in [1.807, 2.05) is 5.38 Å². The summed E-state index contributed by atoms with van der Waals surface area (Å²) < 4.78 is 10.5. The van der Waals surface area contributed by atoms with Gasteiger partial charge in [-0.15, -0.1) is 11.3 Å². The van der Waals surface area contributed by atoms with E-state index in [-0.39, 0.29) is 12.7 Å². The van der Waals surface area contributed by atoms with Crippen LogP contribution in [0.4, 0.5) is 0 Å². The Morgan fingerprint density at radius 2 is 2.26 bits per heavy atom. The molecule has 0 saturated carbocycles. The first kappa shape index (κ1) is 16.1. The lowest BCUT2D eigenvalue weighted by Gasteiger charge is -2.27. The minimum Gasteiger partial charge on any atom is -0.460 e. The van der Waals surface area contributed by atoms with Crippen molar-refractivity contribution in [3.05, 3.63) is 43.9 Å². The molecule has 0 spiro atoms. The van der Waals surface area contributed by atoms with Gasteiger partial charge in [0.15, 0.2) is 0 Å². The maximum atomic E-state index is 12.6. The predicted octanol–water partition coefficient (Wildman–Crippen LogP) is 3.12. The first-order valence-electron chi connectivity index (χ1n) is 7.22. The van der Waals surface area contributed by atoms with Crippen LogP contribution in [-0.4, -0.2) is 24.6 Å². The van der Waals surface area contributed by atoms with Crippen LogP contribution < -0.4 is 5.32 Å². The van der Waals surface area contributed by atoms with E-state index in [2.05, 4.69) is 5.32 Å². The molecule has 2 aliphatic rings. The van der Waals surface area contributed by atoms with Gasteiger partial charge < -0.3 is 14.8 Å². The Morgan fingerprint density at radius 3 is 2.87 bits per heavy atom. The SMILES string of the molecule is CC1=C(C(=O)OC(C)C)C(c2sccc2Cl)C2=C(COC2=O)N1. The fourth-order valence-corrected chi connectivity index (χ4v) is 4.07. The second-order valence-corrected chi connectivity index (χ2v) is 7.01. The van der Waals surface area contributed by atoms with E-state index in [1.165, 1.54) is 11.3 Å². The van der Waals surface area contributed by atoms with Crippen LogP contribution in [-0.2, 0) is 19.1 Å². The zero-order valence-electron chi connectivity index (χ0n) is 12.9. The van der Waals surface area contributed by atoms with Crippen molar-refractivity contribution >= 4 is 34.9 Å². The quantitative estimate of drug-likeness (QED) is 0.846. The van der Waals surface area contributed by atoms with Crippen LogP contribution >= 0.6 is 22.9 Å². The van der Waals surface area contributed by atoms with E-state index in [1.54, 1.807) is 26.8 Å². The normalized spacial score (nSPS) is 20.6. The topological polar surface area (TPSA) is 64.6 Å². The van der Waals surface area contributed by atoms with Crippen LogP contribution in [0.15, 0.2) is 34.0 Å². The summed E-state index contributed by atoms with van der Waals surface area (Å²) in [6.45, 7) is 5.53. The number of esters is 2. The van der Waals surface area contributed by atoms with Gasteiger partial charge in [-0.25, -0.2) is 9.59 Å². The van der Waals surface area contributed by atoms with Gasteiger partial charge in [-0.3, -0.25) is 0 Å². The molecule has 0 aliphatic carbocycles. The minimum absolute atomic E-state index is 0.178. The Kier molecular flexibility index (Phi) is 4.21. The van der Waals surface area contributed by atoms with Crippen molar-refractivity contribution in [1.82, 2.24) is 5.32 Å². The molecule has 3 heterocycles. The van der Waals surface area contributed by atoms with Crippen LogP contribution in [0.2, 0.25) is 5.02 Å². The number of thiophene rings is 1. The molecule has 1 N–H and O–H groups in total. The van der Waals surface area contributed by atoms with Gasteiger partial charge in [-0.1, -0.05) is 11.6 Å². The average Bonchev–Trinajstić information content (AvgIpc) is 3.03. The largest absolute Gasteiger partial charge is 0.460 e. The number of carbonyl (C=O) groups is 2. The van der Waals surface area contributed by atoms with Gasteiger partial charge in [-0.05, 0) is 32.2 Å². The summed E-state index contributed by atoms with van der Waals surface area (Å²) in [4.78, 5) is 25.5. The van der Waals surface area contributed by atoms with E-state index >= 15 is 0 Å². The smallest absolute Gasteiger partial charge is 0.337 e. The molecule has 0 bridgehead atoms. The Labute approximate surface area is 142 Å². The van der Waals surface area contributed by atoms with E-state index in [0.29, 0.717) is 27.6 Å². The Morgan fingerprint density at radius 1 is 1.52 bits per heavy atom. The number of carbonyl (C=O) groups excluding carboxylic acids is 2. The molecule has 0 fully saturated rings. The molecule has 0 radical (unpaired) electrons. The van der Waals surface area contributed by atoms with E-state index in [0.717, 1.165) is 4.88 Å². The second kappa shape index (κ2) is 6.02. The van der Waals surface area contributed by atoms with Gasteiger partial charge in [0, 0.05) is 10.6 Å². The third-order valence-corrected chi connectivity index (χ3v) is 5.11. The standard InChI is InChI=1S/C16H16ClNO4S/c1-7(2)22-16(20)11-8(3)18-10-6-21-15(19)12(10)13(11)14-9(17)4-5-23-14/h4-5,7,13,18H,6H2,1-3H3. The van der Waals surface area contributed by atoms with Crippen molar-refractivity contribution in [1.29, 1.82) is 0 Å². The third kappa shape index (κ3) is 2.77. The molecule has 2 aliphatic heterocycles. The average molecular weight is 354 g/mol. The van der Waals surface area contributed by atoms with Crippen molar-refractivity contribution in [3.63, 3.8) is 0 Å². The van der Waals surface area contributed by atoms with Gasteiger partial charge in [-0.2, -0.15) is 0 Å². The van der Waals surface area contributed by atoms with Crippen LogP contribution in [0.5, 0.6) is 0 Å². The highest BCUT2D eigenvalue weighted by atomic mass is 35.5. The van der Waals surface area contributed by atoms with Crippen molar-refractivity contribution in [2.45, 2.75) is 32.8 Å². The number of rotatable bonds is 3. The van der Waals surface area contributed by atoms with E-state index in [4.69, 9.17) is 21.1 Å². The summed E-state index contributed by atoms with van der Waals surface area (Å²) >= 11 is 7.68. The molecule has 7 heteroatoms. The Hall–Kier alpha value is -1.79. The Balaban J connectivity index is 2.12. The van der Waals surface area contributed by atoms with E-state index < -0.39 is 17.9 Å². The lowest BCUT2D eigenvalue weighted by atomic mass is 9.85. The van der Waals surface area contributed by atoms with E-state index in [9.17, 15) is 9.59 Å². The number of halogens is 1. The minimum atomic E-state index is -0.556. The second-order valence-electron chi connectivity index (χ2n) is 5.65. The molecule has 3 rings (SSSR count). The molecular weight excluding hydrogens is 338 g/mol. The number of hydrogen-bond donors (Lipinski definition) is 1. The number of dihydropyridines is 1. The number of cyclic esters (lactones) is 1. The van der Waals surface area contributed by atoms with Crippen molar-refractivity contribution in [2.24, 2.45) is 0 Å². The lowest BCUT2D eigenvalue weighted by Crippen LogP contribution is -2.30. The van der Waals surface area contributed by atoms with Crippen LogP contribution in [0, 0.1) is 0 Å². The van der Waals surface area contributed by atoms with Gasteiger partial charge >= 0.3 is 11.9 Å². The molecular formula is C16H16ClNO4S. The number of allylic oxidation sites excluding steroid dienone is 1. The van der Waals surface area contributed by atoms with Gasteiger partial charge in [0.2, 0.25) is 0 Å². The highest BCUT2D eigenvalue weighted by Gasteiger charge is 2.43. The fraction of sp³-hybridized carbons (Fsp3) is 0.375. The zero-order valence-corrected chi connectivity index (χ0v) is 14.5. The summed E-state index contributed by atoms with van der Waals surface area (Å²) in [7, 11) is 0. The maximum Gasteiger partial charge on any atom is 0.337 e. The number of hydrogen-bond acceptors (Lipinski definition) is 6. The number of nitrogens with one attached hydrogen (secondary N) is 1. The maximum absolute atomic E-state index is 12.6. The molecule has 1 unspecified atom stereocenters. The van der Waals surface area contributed by atoms with Crippen LogP contribution in [0.3, 0.4) is 0 Å². The summed E-state index contributed by atoms with van der Waals surface area (Å²) in [5.74, 6) is -1.44. The van der Waals surface area contributed by atoms with Gasteiger partial charge in [0.05, 0.1) is 33.9 Å². The van der Waals surface area contributed by atoms with Crippen molar-refractivity contribution in [2.75, 3.05) is 6.61 Å². The molecule has 0 amide bonds. The zero-order chi connectivity index (χ0) is 16.7. The lowest BCUT2D eigenvalue weighted by molar-refractivity contribution is -0.143. The Bertz CT molecular complexity index is 747. The predicted molar refractivity (Wildman–Crippen MR) is 87.1 cm³/mol. The summed E-state index contributed by atoms with van der Waals surface area (Å²) in [6.07, 6.45) is -0.256. The van der Waals surface area contributed by atoms with Crippen molar-refractivity contribution < 1.29 is 19.1 Å². The molecule has 1 aromatic heterocycles. The molecule has 1 aromatic rings. The highest BCUT2D eigenvalue weighted by molar-refractivity contribution is 7.10. The molecule has 122 valence electrons. The van der Waals surface area contributed by atoms with Crippen molar-refractivity contribution in [3.8, 4) is 0 Å². The van der Waals surface area contributed by atoms with Crippen LogP contribution in [0.1, 0.15) is 31.6 Å². The molecule has 1 atom stereocenters. The molecule has 23 heavy (non-hydrogen) atoms. The van der Waals surface area contributed by atoms with Gasteiger partial charge in [0.1, 0.15) is 6.61 Å². The number of ether oxygens (including phenoxy) is 2. The van der Waals surface area contributed by atoms with Crippen LogP contribution in [0.25, 0.3) is 0 Å². The highest BCUT2D eigenvalue weighted by Crippen LogP contribution is 2.45. The molecule has 0 aromatic carbocycles. The third-order valence-electron chi connectivity index (χ3n) is 3.68. The molecule has 0 saturated heterocycles. The summed E-state index contributed by atoms with van der Waals surface area (Å²) in [5, 5.41) is 5.46. The molecule has 5 nitrogen and oxygen atoms in total.